The van der Waals surface area contributed by atoms with Crippen LogP contribution in [0.3, 0.4) is 0 Å². The van der Waals surface area contributed by atoms with Gasteiger partial charge in [-0.25, -0.2) is 0 Å². The molecule has 11 aromatic carbocycles. The molecule has 13 rings (SSSR count). The zero-order chi connectivity index (χ0) is 46.1. The fourth-order valence-electron chi connectivity index (χ4n) is 11.4. The van der Waals surface area contributed by atoms with Crippen molar-refractivity contribution in [1.29, 1.82) is 0 Å². The molecule has 68 heavy (non-hydrogen) atoms. The zero-order valence-electron chi connectivity index (χ0n) is 39.4. The number of aromatic nitrogens is 1. The lowest BCUT2D eigenvalue weighted by Gasteiger charge is -2.21. The van der Waals surface area contributed by atoms with Crippen LogP contribution in [0.4, 0.5) is 0 Å². The van der Waals surface area contributed by atoms with E-state index in [0.717, 1.165) is 0 Å². The fraction of sp³-hybridized carbons (Fsp3) is 0.121. The van der Waals surface area contributed by atoms with Gasteiger partial charge in [0.05, 0.1) is 16.7 Å². The van der Waals surface area contributed by atoms with Crippen LogP contribution < -0.4 is 0 Å². The normalized spacial score (nSPS) is 12.6. The van der Waals surface area contributed by atoms with E-state index in [9.17, 15) is 0 Å². The van der Waals surface area contributed by atoms with Crippen LogP contribution in [0.2, 0.25) is 0 Å². The summed E-state index contributed by atoms with van der Waals surface area (Å²) in [6.07, 6.45) is 0. The minimum absolute atomic E-state index is 0.0271. The average Bonchev–Trinajstić information content (AvgIpc) is 3.89. The van der Waals surface area contributed by atoms with Crippen molar-refractivity contribution < 1.29 is 0 Å². The molecule has 0 atom stereocenters. The molecule has 0 radical (unpaired) electrons. The monoisotopic (exact) mass is 889 g/mol. The summed E-state index contributed by atoms with van der Waals surface area (Å²) in [5.41, 5.74) is 14.1. The Morgan fingerprint density at radius 1 is 0.324 bits per heavy atom. The van der Waals surface area contributed by atoms with Crippen LogP contribution >= 0.6 is 11.3 Å². The molecule has 0 spiro atoms. The summed E-state index contributed by atoms with van der Waals surface area (Å²) in [5.74, 6) is 0. The third-order valence-electron chi connectivity index (χ3n) is 14.7. The topological polar surface area (TPSA) is 4.93 Å². The van der Waals surface area contributed by atoms with E-state index < -0.39 is 0 Å². The first kappa shape index (κ1) is 40.7. The maximum absolute atomic E-state index is 2.56. The van der Waals surface area contributed by atoms with E-state index in [0.29, 0.717) is 0 Å². The minimum Gasteiger partial charge on any atom is -0.308 e. The van der Waals surface area contributed by atoms with Gasteiger partial charge in [0.1, 0.15) is 0 Å². The van der Waals surface area contributed by atoms with Gasteiger partial charge in [-0.1, -0.05) is 205 Å². The second-order valence-corrected chi connectivity index (χ2v) is 21.9. The molecule has 326 valence electrons. The molecule has 0 saturated heterocycles. The number of fused-ring (bicyclic) bond motifs is 10. The first-order valence-corrected chi connectivity index (χ1v) is 24.8. The van der Waals surface area contributed by atoms with Crippen molar-refractivity contribution in [1.82, 2.24) is 4.57 Å². The maximum Gasteiger partial charge on any atom is 0.0619 e. The Labute approximate surface area is 401 Å². The van der Waals surface area contributed by atoms with E-state index in [1.807, 2.05) is 11.3 Å². The molecule has 1 nitrogen and oxygen atoms in total. The smallest absolute Gasteiger partial charge is 0.0619 e. The lowest BCUT2D eigenvalue weighted by Crippen LogP contribution is -2.10. The predicted octanol–water partition coefficient (Wildman–Crippen LogP) is 19.4. The molecule has 2 heteroatoms. The van der Waals surface area contributed by atoms with Crippen LogP contribution in [-0.4, -0.2) is 4.57 Å². The highest BCUT2D eigenvalue weighted by atomic mass is 32.1. The summed E-state index contributed by atoms with van der Waals surface area (Å²) in [6, 6.07) is 75.6. The van der Waals surface area contributed by atoms with Crippen molar-refractivity contribution in [3.63, 3.8) is 0 Å². The van der Waals surface area contributed by atoms with Gasteiger partial charge in [0.15, 0.2) is 0 Å². The third-order valence-corrected chi connectivity index (χ3v) is 15.8. The second-order valence-electron chi connectivity index (χ2n) is 20.8. The van der Waals surface area contributed by atoms with E-state index in [1.54, 1.807) is 0 Å². The van der Waals surface area contributed by atoms with Crippen molar-refractivity contribution in [2.45, 2.75) is 52.4 Å². The average molecular weight is 890 g/mol. The van der Waals surface area contributed by atoms with Gasteiger partial charge in [-0.05, 0) is 124 Å². The number of benzene rings is 11. The summed E-state index contributed by atoms with van der Waals surface area (Å²) < 4.78 is 5.16. The van der Waals surface area contributed by atoms with Gasteiger partial charge in [0, 0.05) is 41.7 Å². The highest BCUT2D eigenvalue weighted by Gasteiger charge is 2.25. The Morgan fingerprint density at radius 3 is 1.29 bits per heavy atom. The quantitative estimate of drug-likeness (QED) is 0.155. The molecule has 0 bridgehead atoms. The van der Waals surface area contributed by atoms with Gasteiger partial charge in [0.25, 0.3) is 0 Å². The van der Waals surface area contributed by atoms with Crippen LogP contribution in [0.5, 0.6) is 0 Å². The SMILES string of the molecule is CC(C)(C)c1ccc2c(c1)c1cc(C(C)(C)C)ccc1n2-c1c2ccccc2c(-c2ccc3c(c2)sc2cccc(-c4c5ccccc5c(-c5ccccc5)c5ccccc45)c23)c2ccccc12. The Kier molecular flexibility index (Phi) is 8.98. The molecule has 2 aromatic heterocycles. The molecule has 0 N–H and O–H groups in total. The molecule has 0 saturated carbocycles. The molecule has 13 aromatic rings. The Bertz CT molecular complexity index is 4020. The highest BCUT2D eigenvalue weighted by Crippen LogP contribution is 2.50. The van der Waals surface area contributed by atoms with Crippen molar-refractivity contribution in [3.8, 4) is 39.1 Å². The Balaban J connectivity index is 1.05. The van der Waals surface area contributed by atoms with Gasteiger partial charge in [-0.15, -0.1) is 11.3 Å². The number of thiophene rings is 1. The van der Waals surface area contributed by atoms with Gasteiger partial charge < -0.3 is 4.57 Å². The second kappa shape index (κ2) is 15.0. The lowest BCUT2D eigenvalue weighted by atomic mass is 9.85. The number of hydrogen-bond acceptors (Lipinski definition) is 1. The largest absolute Gasteiger partial charge is 0.308 e. The Morgan fingerprint density at radius 2 is 0.779 bits per heavy atom. The van der Waals surface area contributed by atoms with Gasteiger partial charge in [0.2, 0.25) is 0 Å². The van der Waals surface area contributed by atoms with Crippen molar-refractivity contribution >= 4 is 96.4 Å². The van der Waals surface area contributed by atoms with Crippen LogP contribution in [0.25, 0.3) is 124 Å². The molecule has 0 aliphatic rings. The summed E-state index contributed by atoms with van der Waals surface area (Å²) in [5, 5.41) is 15.3. The van der Waals surface area contributed by atoms with Crippen molar-refractivity contribution in [3.05, 3.63) is 211 Å². The highest BCUT2D eigenvalue weighted by molar-refractivity contribution is 7.26. The number of nitrogens with zero attached hydrogens (tertiary/aromatic N) is 1. The molecule has 0 aliphatic heterocycles. The Hall–Kier alpha value is -7.52. The molecular formula is C66H51NS. The molecular weight excluding hydrogens is 839 g/mol. The van der Waals surface area contributed by atoms with Crippen LogP contribution in [0.1, 0.15) is 52.7 Å². The minimum atomic E-state index is 0.0271. The van der Waals surface area contributed by atoms with E-state index in [-0.39, 0.29) is 10.8 Å². The lowest BCUT2D eigenvalue weighted by molar-refractivity contribution is 0.590. The van der Waals surface area contributed by atoms with E-state index >= 15 is 0 Å². The first-order valence-electron chi connectivity index (χ1n) is 24.0. The van der Waals surface area contributed by atoms with Crippen LogP contribution in [-0.2, 0) is 10.8 Å². The molecule has 0 aliphatic carbocycles. The molecule has 0 fully saturated rings. The number of rotatable bonds is 4. The fourth-order valence-corrected chi connectivity index (χ4v) is 12.6. The molecule has 0 unspecified atom stereocenters. The summed E-state index contributed by atoms with van der Waals surface area (Å²) in [4.78, 5) is 0. The van der Waals surface area contributed by atoms with Crippen molar-refractivity contribution in [2.75, 3.05) is 0 Å². The van der Waals surface area contributed by atoms with E-state index in [1.165, 1.54) is 135 Å². The predicted molar refractivity (Wildman–Crippen MR) is 297 cm³/mol. The van der Waals surface area contributed by atoms with E-state index in [4.69, 9.17) is 0 Å². The van der Waals surface area contributed by atoms with Crippen LogP contribution in [0, 0.1) is 0 Å². The van der Waals surface area contributed by atoms with Gasteiger partial charge in [-0.3, -0.25) is 0 Å². The molecule has 0 amide bonds. The molecule has 2 heterocycles. The number of hydrogen-bond donors (Lipinski definition) is 0. The van der Waals surface area contributed by atoms with Gasteiger partial charge >= 0.3 is 0 Å². The van der Waals surface area contributed by atoms with E-state index in [2.05, 4.69) is 246 Å². The first-order chi connectivity index (χ1) is 33.0. The summed E-state index contributed by atoms with van der Waals surface area (Å²) in [7, 11) is 0. The third kappa shape index (κ3) is 6.13. The van der Waals surface area contributed by atoms with Crippen LogP contribution in [0.15, 0.2) is 200 Å². The standard InChI is InChI=1S/C66H51NS/c1-65(2,3)42-32-35-56-54(38-42)55-39-43(66(4,5)6)33-36-57(55)67(56)64-50-27-16-14-25-48(50)61(49-26-15-17-28-51(49)64)41-31-34-52-59(37-41)68-58-30-18-29-53(63(52)58)62-46-23-12-10-21-44(46)60(40-19-8-7-9-20-40)45-22-11-13-24-47(45)62/h7-39H,1-6H3. The summed E-state index contributed by atoms with van der Waals surface area (Å²) >= 11 is 1.91. The zero-order valence-corrected chi connectivity index (χ0v) is 40.2. The maximum atomic E-state index is 2.56. The van der Waals surface area contributed by atoms with Gasteiger partial charge in [-0.2, -0.15) is 0 Å². The summed E-state index contributed by atoms with van der Waals surface area (Å²) in [6.45, 7) is 13.9. The van der Waals surface area contributed by atoms with Crippen molar-refractivity contribution in [2.24, 2.45) is 0 Å².